The number of hydrogen-bond donors (Lipinski definition) is 1. The average Bonchev–Trinajstić information content (AvgIpc) is 3.09. The highest BCUT2D eigenvalue weighted by molar-refractivity contribution is 5.23. The molecule has 1 aromatic carbocycles. The van der Waals surface area contributed by atoms with E-state index in [2.05, 4.69) is 0 Å². The smallest absolute Gasteiger partial charge is 0.132 e. The highest BCUT2D eigenvalue weighted by Crippen LogP contribution is 2.40. The summed E-state index contributed by atoms with van der Waals surface area (Å²) in [7, 11) is 0. The minimum atomic E-state index is -1.23. The molecule has 0 spiro atoms. The molecule has 1 aliphatic rings. The second-order valence-corrected chi connectivity index (χ2v) is 4.34. The molecule has 1 saturated carbocycles. The van der Waals surface area contributed by atoms with Crippen molar-refractivity contribution in [2.45, 2.75) is 32.0 Å². The lowest BCUT2D eigenvalue weighted by molar-refractivity contribution is -0.0488. The first-order chi connectivity index (χ1) is 8.15. The monoisotopic (exact) mass is 242 g/mol. The molecule has 0 amide bonds. The van der Waals surface area contributed by atoms with Gasteiger partial charge < -0.3 is 9.84 Å². The van der Waals surface area contributed by atoms with Crippen molar-refractivity contribution >= 4 is 0 Å². The molecule has 2 unspecified atom stereocenters. The number of benzene rings is 1. The van der Waals surface area contributed by atoms with Crippen LogP contribution in [0.15, 0.2) is 18.2 Å². The van der Waals surface area contributed by atoms with Crippen molar-refractivity contribution in [1.82, 2.24) is 0 Å². The molecular weight excluding hydrogens is 226 g/mol. The van der Waals surface area contributed by atoms with Crippen LogP contribution in [0.4, 0.5) is 8.78 Å². The molecule has 17 heavy (non-hydrogen) atoms. The first-order valence-corrected chi connectivity index (χ1v) is 5.88. The molecule has 0 bridgehead atoms. The van der Waals surface area contributed by atoms with Crippen LogP contribution in [0.1, 0.15) is 31.4 Å². The summed E-state index contributed by atoms with van der Waals surface area (Å²) in [5.74, 6) is -1.23. The summed E-state index contributed by atoms with van der Waals surface area (Å²) >= 11 is 0. The Morgan fingerprint density at radius 2 is 1.94 bits per heavy atom. The fourth-order valence-electron chi connectivity index (χ4n) is 2.06. The molecule has 0 saturated heterocycles. The van der Waals surface area contributed by atoms with Gasteiger partial charge in [-0.15, -0.1) is 0 Å². The van der Waals surface area contributed by atoms with E-state index in [1.165, 1.54) is 6.07 Å². The van der Waals surface area contributed by atoms with Gasteiger partial charge in [-0.3, -0.25) is 0 Å². The van der Waals surface area contributed by atoms with E-state index in [0.717, 1.165) is 25.0 Å². The van der Waals surface area contributed by atoms with Gasteiger partial charge in [0.25, 0.3) is 0 Å². The van der Waals surface area contributed by atoms with Crippen molar-refractivity contribution in [1.29, 1.82) is 0 Å². The van der Waals surface area contributed by atoms with E-state index in [9.17, 15) is 13.9 Å². The Kier molecular flexibility index (Phi) is 3.74. The standard InChI is InChI=1S/C13H16F2O2/c1-2-17-13(8-6-7-8)12(16)11-9(14)4-3-5-10(11)15/h3-5,8,12-13,16H,2,6-7H2,1H3. The van der Waals surface area contributed by atoms with Crippen molar-refractivity contribution in [2.75, 3.05) is 6.61 Å². The Balaban J connectivity index is 2.24. The van der Waals surface area contributed by atoms with Gasteiger partial charge in [-0.25, -0.2) is 8.78 Å². The van der Waals surface area contributed by atoms with E-state index in [1.54, 1.807) is 6.92 Å². The maximum Gasteiger partial charge on any atom is 0.132 e. The largest absolute Gasteiger partial charge is 0.385 e. The van der Waals surface area contributed by atoms with Crippen molar-refractivity contribution in [3.63, 3.8) is 0 Å². The van der Waals surface area contributed by atoms with Gasteiger partial charge in [-0.05, 0) is 37.8 Å². The Bertz CT molecular complexity index is 371. The molecule has 2 atom stereocenters. The fourth-order valence-corrected chi connectivity index (χ4v) is 2.06. The summed E-state index contributed by atoms with van der Waals surface area (Å²) in [5.41, 5.74) is -0.280. The topological polar surface area (TPSA) is 29.5 Å². The number of rotatable bonds is 5. The van der Waals surface area contributed by atoms with Crippen LogP contribution in [0.5, 0.6) is 0 Å². The van der Waals surface area contributed by atoms with E-state index < -0.39 is 23.8 Å². The molecule has 2 rings (SSSR count). The summed E-state index contributed by atoms with van der Waals surface area (Å²) in [5, 5.41) is 10.1. The van der Waals surface area contributed by atoms with E-state index in [0.29, 0.717) is 6.61 Å². The van der Waals surface area contributed by atoms with Gasteiger partial charge in [0.1, 0.15) is 17.7 Å². The third-order valence-electron chi connectivity index (χ3n) is 3.05. The molecule has 0 aromatic heterocycles. The molecule has 0 radical (unpaired) electrons. The van der Waals surface area contributed by atoms with Crippen molar-refractivity contribution in [3.8, 4) is 0 Å². The minimum absolute atomic E-state index is 0.212. The van der Waals surface area contributed by atoms with E-state index in [-0.39, 0.29) is 11.5 Å². The first-order valence-electron chi connectivity index (χ1n) is 5.88. The van der Waals surface area contributed by atoms with Crippen LogP contribution in [0, 0.1) is 17.6 Å². The van der Waals surface area contributed by atoms with Gasteiger partial charge in [-0.2, -0.15) is 0 Å². The SMILES string of the molecule is CCOC(C1CC1)C(O)c1c(F)cccc1F. The molecule has 0 aliphatic heterocycles. The van der Waals surface area contributed by atoms with Crippen LogP contribution in [0.3, 0.4) is 0 Å². The van der Waals surface area contributed by atoms with E-state index in [1.807, 2.05) is 0 Å². The normalized spacial score (nSPS) is 19.1. The zero-order valence-electron chi connectivity index (χ0n) is 9.70. The second kappa shape index (κ2) is 5.10. The third kappa shape index (κ3) is 2.64. The number of aliphatic hydroxyl groups is 1. The van der Waals surface area contributed by atoms with Crippen molar-refractivity contribution in [2.24, 2.45) is 5.92 Å². The van der Waals surface area contributed by atoms with Crippen LogP contribution in [0.2, 0.25) is 0 Å². The maximum absolute atomic E-state index is 13.5. The quantitative estimate of drug-likeness (QED) is 0.860. The lowest BCUT2D eigenvalue weighted by Gasteiger charge is -2.23. The molecule has 2 nitrogen and oxygen atoms in total. The van der Waals surface area contributed by atoms with Crippen LogP contribution in [-0.2, 0) is 4.74 Å². The van der Waals surface area contributed by atoms with Crippen LogP contribution in [0.25, 0.3) is 0 Å². The summed E-state index contributed by atoms with van der Waals surface area (Å²) in [6, 6.07) is 3.59. The predicted octanol–water partition coefficient (Wildman–Crippen LogP) is 2.81. The number of hydrogen-bond acceptors (Lipinski definition) is 2. The van der Waals surface area contributed by atoms with Gasteiger partial charge in [-0.1, -0.05) is 6.07 Å². The summed E-state index contributed by atoms with van der Waals surface area (Å²) in [6.07, 6.45) is 0.144. The molecule has 4 heteroatoms. The van der Waals surface area contributed by atoms with E-state index >= 15 is 0 Å². The Labute approximate surface area is 99.2 Å². The minimum Gasteiger partial charge on any atom is -0.385 e. The van der Waals surface area contributed by atoms with Crippen molar-refractivity contribution in [3.05, 3.63) is 35.4 Å². The van der Waals surface area contributed by atoms with Crippen LogP contribution < -0.4 is 0 Å². The van der Waals surface area contributed by atoms with Gasteiger partial charge in [0.05, 0.1) is 11.7 Å². The molecule has 1 aromatic rings. The summed E-state index contributed by atoms with van der Waals surface area (Å²) in [6.45, 7) is 2.23. The number of aliphatic hydroxyl groups excluding tert-OH is 1. The first kappa shape index (κ1) is 12.5. The van der Waals surface area contributed by atoms with Crippen molar-refractivity contribution < 1.29 is 18.6 Å². The highest BCUT2D eigenvalue weighted by Gasteiger charge is 2.39. The maximum atomic E-state index is 13.5. The van der Waals surface area contributed by atoms with Crippen LogP contribution in [-0.4, -0.2) is 17.8 Å². The van der Waals surface area contributed by atoms with E-state index in [4.69, 9.17) is 4.74 Å². The van der Waals surface area contributed by atoms with Gasteiger partial charge in [0.2, 0.25) is 0 Å². The molecule has 1 N–H and O–H groups in total. The molecular formula is C13H16F2O2. The zero-order valence-corrected chi connectivity index (χ0v) is 9.70. The Morgan fingerprint density at radius 3 is 2.41 bits per heavy atom. The fraction of sp³-hybridized carbons (Fsp3) is 0.538. The molecule has 1 fully saturated rings. The lowest BCUT2D eigenvalue weighted by Crippen LogP contribution is -2.26. The predicted molar refractivity (Wildman–Crippen MR) is 59.5 cm³/mol. The lowest BCUT2D eigenvalue weighted by atomic mass is 10.00. The molecule has 0 heterocycles. The van der Waals surface area contributed by atoms with Gasteiger partial charge >= 0.3 is 0 Å². The Morgan fingerprint density at radius 1 is 1.35 bits per heavy atom. The summed E-state index contributed by atoms with van der Waals surface area (Å²) < 4.78 is 32.5. The number of halogens is 2. The number of ether oxygens (including phenoxy) is 1. The second-order valence-electron chi connectivity index (χ2n) is 4.34. The molecule has 94 valence electrons. The van der Waals surface area contributed by atoms with Gasteiger partial charge in [0, 0.05) is 6.61 Å². The van der Waals surface area contributed by atoms with Crippen LogP contribution >= 0.6 is 0 Å². The molecule has 1 aliphatic carbocycles. The summed E-state index contributed by atoms with van der Waals surface area (Å²) in [4.78, 5) is 0. The average molecular weight is 242 g/mol. The highest BCUT2D eigenvalue weighted by atomic mass is 19.1. The van der Waals surface area contributed by atoms with Gasteiger partial charge in [0.15, 0.2) is 0 Å². The third-order valence-corrected chi connectivity index (χ3v) is 3.05. The Hall–Kier alpha value is -1.00. The zero-order chi connectivity index (χ0) is 12.4.